The number of halogens is 2. The molecule has 0 aliphatic rings. The van der Waals surface area contributed by atoms with Crippen molar-refractivity contribution in [3.8, 4) is 11.1 Å². The first-order valence-electron chi connectivity index (χ1n) is 9.99. The van der Waals surface area contributed by atoms with Gasteiger partial charge in [0.25, 0.3) is 0 Å². The molecule has 0 radical (unpaired) electrons. The minimum absolute atomic E-state index is 0.0582. The largest absolute Gasteiger partial charge is 0.479 e. The van der Waals surface area contributed by atoms with Gasteiger partial charge in [0, 0.05) is 28.1 Å². The van der Waals surface area contributed by atoms with Crippen LogP contribution in [0.15, 0.2) is 42.5 Å². The van der Waals surface area contributed by atoms with Gasteiger partial charge in [-0.15, -0.1) is 0 Å². The van der Waals surface area contributed by atoms with Gasteiger partial charge in [-0.1, -0.05) is 61.3 Å². The average Bonchev–Trinajstić information content (AvgIpc) is 2.74. The quantitative estimate of drug-likeness (QED) is 0.371. The van der Waals surface area contributed by atoms with Crippen LogP contribution < -0.4 is 5.32 Å². The summed E-state index contributed by atoms with van der Waals surface area (Å²) in [5.74, 6) is -3.41. The van der Waals surface area contributed by atoms with Crippen molar-refractivity contribution in [3.63, 3.8) is 0 Å². The molecule has 3 N–H and O–H groups in total. The molecule has 0 aliphatic carbocycles. The fourth-order valence-corrected chi connectivity index (χ4v) is 3.34. The molecule has 0 aliphatic heterocycles. The van der Waals surface area contributed by atoms with Crippen molar-refractivity contribution < 1.29 is 29.3 Å². The van der Waals surface area contributed by atoms with Crippen molar-refractivity contribution in [2.24, 2.45) is 5.92 Å². The number of rotatable bonds is 9. The van der Waals surface area contributed by atoms with Gasteiger partial charge >= 0.3 is 17.8 Å². The van der Waals surface area contributed by atoms with Gasteiger partial charge in [-0.25, -0.2) is 9.59 Å². The van der Waals surface area contributed by atoms with Crippen molar-refractivity contribution in [2.45, 2.75) is 38.8 Å². The Hall–Kier alpha value is -2.61. The lowest BCUT2D eigenvalue weighted by Crippen LogP contribution is -2.44. The number of aliphatic carboxylic acids is 1. The molecule has 0 aromatic heterocycles. The van der Waals surface area contributed by atoms with Crippen LogP contribution in [-0.4, -0.2) is 46.8 Å². The molecule has 2 aromatic carbocycles. The smallest absolute Gasteiger partial charge is 0.396 e. The van der Waals surface area contributed by atoms with Gasteiger partial charge in [-0.05, 0) is 41.7 Å². The number of carboxylic acids is 1. The minimum atomic E-state index is -1.70. The maximum absolute atomic E-state index is 12.2. The molecule has 0 fully saturated rings. The van der Waals surface area contributed by atoms with E-state index in [1.165, 1.54) is 0 Å². The number of carbonyl (C=O) groups is 3. The van der Waals surface area contributed by atoms with Crippen LogP contribution >= 0.6 is 23.2 Å². The van der Waals surface area contributed by atoms with Crippen LogP contribution in [0.5, 0.6) is 0 Å². The number of benzene rings is 2. The van der Waals surface area contributed by atoms with Crippen molar-refractivity contribution >= 4 is 41.0 Å². The molecule has 0 spiro atoms. The molecule has 9 heteroatoms. The average molecular weight is 482 g/mol. The van der Waals surface area contributed by atoms with Gasteiger partial charge in [-0.3, -0.25) is 4.79 Å². The predicted octanol–water partition coefficient (Wildman–Crippen LogP) is 3.72. The summed E-state index contributed by atoms with van der Waals surface area (Å²) in [5, 5.41) is 22.3. The van der Waals surface area contributed by atoms with Gasteiger partial charge in [-0.2, -0.15) is 0 Å². The molecular weight excluding hydrogens is 457 g/mol. The Kier molecular flexibility index (Phi) is 9.50. The zero-order valence-corrected chi connectivity index (χ0v) is 19.2. The van der Waals surface area contributed by atoms with Crippen molar-refractivity contribution in [3.05, 3.63) is 58.1 Å². The van der Waals surface area contributed by atoms with Gasteiger partial charge in [0.2, 0.25) is 0 Å². The fourth-order valence-electron chi connectivity index (χ4n) is 2.94. The summed E-state index contributed by atoms with van der Waals surface area (Å²) >= 11 is 12.3. The molecule has 0 saturated heterocycles. The van der Waals surface area contributed by atoms with Crippen LogP contribution in [0.4, 0.5) is 0 Å². The van der Waals surface area contributed by atoms with E-state index in [-0.39, 0.29) is 25.4 Å². The highest BCUT2D eigenvalue weighted by Crippen LogP contribution is 2.30. The molecule has 2 atom stereocenters. The summed E-state index contributed by atoms with van der Waals surface area (Å²) in [7, 11) is 0. The number of hydrogen-bond donors (Lipinski definition) is 3. The molecule has 1 unspecified atom stereocenters. The molecule has 1 amide bonds. The van der Waals surface area contributed by atoms with E-state index in [4.69, 9.17) is 33.0 Å². The second-order valence-corrected chi connectivity index (χ2v) is 8.62. The number of ether oxygens (including phenoxy) is 1. The lowest BCUT2D eigenvalue weighted by Gasteiger charge is -2.20. The fraction of sp³-hybridized carbons (Fsp3) is 0.348. The van der Waals surface area contributed by atoms with Crippen molar-refractivity contribution in [2.75, 3.05) is 6.61 Å². The molecule has 2 aromatic rings. The summed E-state index contributed by atoms with van der Waals surface area (Å²) in [4.78, 5) is 35.1. The number of esters is 1. The van der Waals surface area contributed by atoms with E-state index in [0.717, 1.165) is 16.7 Å². The topological polar surface area (TPSA) is 113 Å². The lowest BCUT2D eigenvalue weighted by atomic mass is 9.97. The Morgan fingerprint density at radius 2 is 1.72 bits per heavy atom. The third kappa shape index (κ3) is 7.82. The van der Waals surface area contributed by atoms with Crippen molar-refractivity contribution in [1.29, 1.82) is 0 Å². The summed E-state index contributed by atoms with van der Waals surface area (Å²) < 4.78 is 4.90. The standard InChI is InChI=1S/C23H25Cl2NO6/c1-13(2)12-32-23(31)21(28)26-17(11-20(27)22(29)30)9-14-3-5-15(6-4-14)18-10-16(24)7-8-19(18)25/h3-8,10,13,17,20,27H,9,11-12H2,1-2H3,(H,26,28)(H,29,30)/t17-,20?/m1/s1. The normalized spacial score (nSPS) is 12.8. The van der Waals surface area contributed by atoms with Crippen LogP contribution in [-0.2, 0) is 25.5 Å². The zero-order valence-electron chi connectivity index (χ0n) is 17.7. The lowest BCUT2D eigenvalue weighted by molar-refractivity contribution is -0.156. The summed E-state index contributed by atoms with van der Waals surface area (Å²) in [5.41, 5.74) is 2.33. The third-order valence-electron chi connectivity index (χ3n) is 4.54. The number of carbonyl (C=O) groups excluding carboxylic acids is 2. The molecule has 7 nitrogen and oxygen atoms in total. The van der Waals surface area contributed by atoms with Crippen LogP contribution in [0.1, 0.15) is 25.8 Å². The first kappa shape index (κ1) is 25.6. The minimum Gasteiger partial charge on any atom is -0.479 e. The van der Waals surface area contributed by atoms with Gasteiger partial charge in [0.1, 0.15) is 0 Å². The van der Waals surface area contributed by atoms with E-state index >= 15 is 0 Å². The van der Waals surface area contributed by atoms with E-state index < -0.39 is 30.0 Å². The van der Waals surface area contributed by atoms with Crippen LogP contribution in [0.2, 0.25) is 10.0 Å². The Bertz CT molecular complexity index is 961. The van der Waals surface area contributed by atoms with E-state index in [2.05, 4.69) is 5.32 Å². The molecule has 172 valence electrons. The number of carboxylic acid groups (broad SMARTS) is 1. The number of aliphatic hydroxyl groups excluding tert-OH is 1. The molecular formula is C23H25Cl2NO6. The van der Waals surface area contributed by atoms with E-state index in [0.29, 0.717) is 10.0 Å². The Morgan fingerprint density at radius 3 is 2.31 bits per heavy atom. The maximum Gasteiger partial charge on any atom is 0.396 e. The zero-order chi connectivity index (χ0) is 23.8. The summed E-state index contributed by atoms with van der Waals surface area (Å²) in [6, 6.07) is 11.5. The van der Waals surface area contributed by atoms with Crippen LogP contribution in [0, 0.1) is 5.92 Å². The molecule has 32 heavy (non-hydrogen) atoms. The highest BCUT2D eigenvalue weighted by molar-refractivity contribution is 6.35. The second-order valence-electron chi connectivity index (χ2n) is 7.78. The summed E-state index contributed by atoms with van der Waals surface area (Å²) in [6.45, 7) is 3.75. The SMILES string of the molecule is CC(C)COC(=O)C(=O)N[C@H](Cc1ccc(-c2cc(Cl)ccc2Cl)cc1)CC(O)C(=O)O. The molecule has 2 rings (SSSR count). The first-order chi connectivity index (χ1) is 15.1. The van der Waals surface area contributed by atoms with Gasteiger partial charge < -0.3 is 20.3 Å². The Balaban J connectivity index is 2.14. The van der Waals surface area contributed by atoms with E-state index in [9.17, 15) is 19.5 Å². The third-order valence-corrected chi connectivity index (χ3v) is 5.10. The number of nitrogens with one attached hydrogen (secondary N) is 1. The van der Waals surface area contributed by atoms with Gasteiger partial charge in [0.05, 0.1) is 6.61 Å². The maximum atomic E-state index is 12.2. The van der Waals surface area contributed by atoms with Gasteiger partial charge in [0.15, 0.2) is 6.10 Å². The number of amides is 1. The van der Waals surface area contributed by atoms with Crippen LogP contribution in [0.3, 0.4) is 0 Å². The molecule has 0 bridgehead atoms. The highest BCUT2D eigenvalue weighted by Gasteiger charge is 2.25. The summed E-state index contributed by atoms with van der Waals surface area (Å²) in [6.07, 6.45) is -1.78. The van der Waals surface area contributed by atoms with E-state index in [1.807, 2.05) is 26.0 Å². The second kappa shape index (κ2) is 11.9. The first-order valence-corrected chi connectivity index (χ1v) is 10.7. The predicted molar refractivity (Wildman–Crippen MR) is 122 cm³/mol. The number of aliphatic hydroxyl groups is 1. The Labute approximate surface area is 196 Å². The van der Waals surface area contributed by atoms with Crippen molar-refractivity contribution in [1.82, 2.24) is 5.32 Å². The molecule has 0 heterocycles. The highest BCUT2D eigenvalue weighted by atomic mass is 35.5. The molecule has 0 saturated carbocycles. The van der Waals surface area contributed by atoms with Crippen LogP contribution in [0.25, 0.3) is 11.1 Å². The monoisotopic (exact) mass is 481 g/mol. The Morgan fingerprint density at radius 1 is 1.06 bits per heavy atom. The van der Waals surface area contributed by atoms with E-state index in [1.54, 1.807) is 30.3 Å². The number of hydrogen-bond acceptors (Lipinski definition) is 5.